The van der Waals surface area contributed by atoms with Crippen molar-refractivity contribution >= 4 is 37.3 Å². The number of hydrogen-bond acceptors (Lipinski definition) is 7. The van der Waals surface area contributed by atoms with Gasteiger partial charge in [0.2, 0.25) is 0 Å². The molecule has 2 aromatic rings. The standard InChI is InChI=1S/C29H40F5N5O3SSi/c1-8-20(29(32,33)34)37-21-12-16(24(30)31)17(14-35-21)23-22(27(41)39-11-9-10-15(39)2)38-26(43-23)25(40)36-18-13-19(18)42-44(6,7)28(3,4)5/h12,14-15,18-20,24H,8-11,13H2,1-7H3,(H,35,37)(H,36,40)/t15-,18+,19+,20-/m0/s1. The van der Waals surface area contributed by atoms with Gasteiger partial charge in [0.1, 0.15) is 17.6 Å². The van der Waals surface area contributed by atoms with Gasteiger partial charge in [-0.1, -0.05) is 27.7 Å². The summed E-state index contributed by atoms with van der Waals surface area (Å²) in [4.78, 5) is 36.9. The summed E-state index contributed by atoms with van der Waals surface area (Å²) in [7, 11) is -2.07. The fraction of sp³-hybridized carbons (Fsp3) is 0.655. The highest BCUT2D eigenvalue weighted by Gasteiger charge is 2.48. The molecule has 0 aromatic carbocycles. The Morgan fingerprint density at radius 2 is 1.91 bits per heavy atom. The third-order valence-corrected chi connectivity index (χ3v) is 14.3. The Labute approximate surface area is 259 Å². The minimum absolute atomic E-state index is 0.0119. The number of alkyl halides is 5. The summed E-state index contributed by atoms with van der Waals surface area (Å²) in [5.74, 6) is -1.44. The van der Waals surface area contributed by atoms with Crippen molar-refractivity contribution in [2.24, 2.45) is 0 Å². The van der Waals surface area contributed by atoms with E-state index in [2.05, 4.69) is 54.5 Å². The molecule has 0 radical (unpaired) electrons. The number of anilines is 1. The first kappa shape index (κ1) is 34.2. The van der Waals surface area contributed by atoms with E-state index in [0.29, 0.717) is 13.0 Å². The van der Waals surface area contributed by atoms with Crippen molar-refractivity contribution in [1.82, 2.24) is 20.2 Å². The second-order valence-electron chi connectivity index (χ2n) is 13.0. The first-order valence-corrected chi connectivity index (χ1v) is 18.5. The van der Waals surface area contributed by atoms with Crippen molar-refractivity contribution in [3.8, 4) is 10.4 Å². The highest BCUT2D eigenvalue weighted by atomic mass is 32.1. The molecule has 2 amide bonds. The summed E-state index contributed by atoms with van der Waals surface area (Å²) in [5, 5.41) is 4.98. The molecule has 0 unspecified atom stereocenters. The summed E-state index contributed by atoms with van der Waals surface area (Å²) >= 11 is 0.781. The van der Waals surface area contributed by atoms with Gasteiger partial charge in [-0.3, -0.25) is 9.59 Å². The minimum atomic E-state index is -4.61. The Morgan fingerprint density at radius 3 is 2.45 bits per heavy atom. The van der Waals surface area contributed by atoms with Crippen molar-refractivity contribution in [3.63, 3.8) is 0 Å². The molecule has 1 saturated heterocycles. The second-order valence-corrected chi connectivity index (χ2v) is 18.8. The molecule has 4 atom stereocenters. The van der Waals surface area contributed by atoms with Crippen molar-refractivity contribution in [2.75, 3.05) is 11.9 Å². The fourth-order valence-corrected chi connectivity index (χ4v) is 7.23. The number of thiazole rings is 1. The average Bonchev–Trinajstić information content (AvgIpc) is 3.28. The van der Waals surface area contributed by atoms with Crippen LogP contribution in [0.2, 0.25) is 18.1 Å². The number of halogens is 5. The number of hydrogen-bond donors (Lipinski definition) is 2. The van der Waals surface area contributed by atoms with Crippen molar-refractivity contribution in [1.29, 1.82) is 0 Å². The molecule has 8 nitrogen and oxygen atoms in total. The van der Waals surface area contributed by atoms with Gasteiger partial charge in [-0.25, -0.2) is 18.7 Å². The summed E-state index contributed by atoms with van der Waals surface area (Å²) in [6, 6.07) is -1.48. The minimum Gasteiger partial charge on any atom is -0.412 e. The highest BCUT2D eigenvalue weighted by molar-refractivity contribution is 7.17. The summed E-state index contributed by atoms with van der Waals surface area (Å²) in [6.07, 6.45) is -5.04. The molecule has 0 spiro atoms. The Bertz CT molecular complexity index is 1380. The average molecular weight is 662 g/mol. The summed E-state index contributed by atoms with van der Waals surface area (Å²) in [5.41, 5.74) is -0.948. The highest BCUT2D eigenvalue weighted by Crippen LogP contribution is 2.42. The Kier molecular flexibility index (Phi) is 9.82. The molecule has 1 aliphatic carbocycles. The van der Waals surface area contributed by atoms with Crippen LogP contribution >= 0.6 is 11.3 Å². The van der Waals surface area contributed by atoms with Crippen molar-refractivity contribution in [3.05, 3.63) is 28.5 Å². The van der Waals surface area contributed by atoms with Gasteiger partial charge >= 0.3 is 6.18 Å². The molecule has 1 aliphatic heterocycles. The van der Waals surface area contributed by atoms with E-state index in [1.54, 1.807) is 4.90 Å². The molecule has 2 N–H and O–H groups in total. The van der Waals surface area contributed by atoms with E-state index in [-0.39, 0.29) is 56.6 Å². The van der Waals surface area contributed by atoms with Crippen LogP contribution in [-0.4, -0.2) is 72.0 Å². The molecular formula is C29H40F5N5O3SSi. The first-order chi connectivity index (χ1) is 20.3. The molecule has 15 heteroatoms. The van der Waals surface area contributed by atoms with E-state index in [0.717, 1.165) is 36.4 Å². The van der Waals surface area contributed by atoms with Crippen molar-refractivity contribution in [2.45, 2.75) is 115 Å². The van der Waals surface area contributed by atoms with Crippen molar-refractivity contribution < 1.29 is 36.0 Å². The lowest BCUT2D eigenvalue weighted by Gasteiger charge is -2.36. The number of aromatic nitrogens is 2. The van der Waals surface area contributed by atoms with Gasteiger partial charge in [-0.2, -0.15) is 13.2 Å². The molecule has 3 heterocycles. The smallest absolute Gasteiger partial charge is 0.408 e. The normalized spacial score (nSPS) is 21.5. The molecule has 4 rings (SSSR count). The lowest BCUT2D eigenvalue weighted by atomic mass is 10.1. The number of nitrogens with one attached hydrogen (secondary N) is 2. The lowest BCUT2D eigenvalue weighted by Crippen LogP contribution is -2.42. The number of nitrogens with zero attached hydrogens (tertiary/aromatic N) is 3. The predicted octanol–water partition coefficient (Wildman–Crippen LogP) is 7.41. The molecule has 2 fully saturated rings. The van der Waals surface area contributed by atoms with Crippen LogP contribution in [-0.2, 0) is 4.43 Å². The van der Waals surface area contributed by atoms with Crippen LogP contribution in [0.25, 0.3) is 10.4 Å². The topological polar surface area (TPSA) is 96.4 Å². The molecule has 2 aromatic heterocycles. The number of carbonyl (C=O) groups excluding carboxylic acids is 2. The Morgan fingerprint density at radius 1 is 1.23 bits per heavy atom. The van der Waals surface area contributed by atoms with Gasteiger partial charge in [0.05, 0.1) is 17.0 Å². The van der Waals surface area contributed by atoms with Gasteiger partial charge in [0.15, 0.2) is 13.3 Å². The fourth-order valence-electron chi connectivity index (χ4n) is 4.87. The molecule has 1 saturated carbocycles. The van der Waals surface area contributed by atoms with E-state index in [4.69, 9.17) is 4.43 Å². The van der Waals surface area contributed by atoms with Crippen LogP contribution in [0.5, 0.6) is 0 Å². The Hall–Kier alpha value is -2.65. The number of pyridine rings is 1. The van der Waals surface area contributed by atoms with E-state index >= 15 is 0 Å². The molecule has 44 heavy (non-hydrogen) atoms. The SMILES string of the molecule is CC[C@H](Nc1cc(C(F)F)c(-c2sc(C(=O)N[C@@H]3C[C@H]3O[Si](C)(C)C(C)(C)C)nc2C(=O)N2CCC[C@@H]2C)cn1)C(F)(F)F. The largest absolute Gasteiger partial charge is 0.412 e. The third-order valence-electron chi connectivity index (χ3n) is 8.68. The van der Waals surface area contributed by atoms with Gasteiger partial charge in [-0.15, -0.1) is 11.3 Å². The van der Waals surface area contributed by atoms with E-state index in [1.165, 1.54) is 6.92 Å². The number of likely N-dealkylation sites (tertiary alicyclic amines) is 1. The van der Waals surface area contributed by atoms with E-state index in [1.807, 2.05) is 6.92 Å². The van der Waals surface area contributed by atoms with Gasteiger partial charge in [-0.05, 0) is 56.8 Å². The zero-order chi connectivity index (χ0) is 32.8. The predicted molar refractivity (Wildman–Crippen MR) is 162 cm³/mol. The van der Waals surface area contributed by atoms with Crippen LogP contribution < -0.4 is 10.6 Å². The van der Waals surface area contributed by atoms with Crippen LogP contribution in [0.1, 0.15) is 92.6 Å². The monoisotopic (exact) mass is 661 g/mol. The number of carbonyl (C=O) groups is 2. The molecule has 0 bridgehead atoms. The van der Waals surface area contributed by atoms with Gasteiger partial charge in [0.25, 0.3) is 18.2 Å². The quantitative estimate of drug-likeness (QED) is 0.203. The van der Waals surface area contributed by atoms with Crippen LogP contribution in [0.4, 0.5) is 27.8 Å². The van der Waals surface area contributed by atoms with Crippen LogP contribution in [0.3, 0.4) is 0 Å². The summed E-state index contributed by atoms with van der Waals surface area (Å²) in [6.45, 7) is 14.2. The summed E-state index contributed by atoms with van der Waals surface area (Å²) < 4.78 is 75.1. The first-order valence-electron chi connectivity index (χ1n) is 14.8. The maximum Gasteiger partial charge on any atom is 0.408 e. The lowest BCUT2D eigenvalue weighted by molar-refractivity contribution is -0.142. The number of amides is 2. The van der Waals surface area contributed by atoms with Crippen LogP contribution in [0, 0.1) is 0 Å². The van der Waals surface area contributed by atoms with Gasteiger partial charge < -0.3 is 20.0 Å². The maximum absolute atomic E-state index is 14.4. The molecule has 244 valence electrons. The van der Waals surface area contributed by atoms with E-state index in [9.17, 15) is 31.5 Å². The molecule has 2 aliphatic rings. The van der Waals surface area contributed by atoms with E-state index < -0.39 is 44.3 Å². The second kappa shape index (κ2) is 12.6. The maximum atomic E-state index is 14.4. The Balaban J connectivity index is 1.66. The number of rotatable bonds is 10. The third kappa shape index (κ3) is 7.41. The van der Waals surface area contributed by atoms with Crippen LogP contribution in [0.15, 0.2) is 12.3 Å². The van der Waals surface area contributed by atoms with Gasteiger partial charge in [0, 0.05) is 29.9 Å². The zero-order valence-electron chi connectivity index (χ0n) is 25.9. The zero-order valence-corrected chi connectivity index (χ0v) is 27.8. The molecular weight excluding hydrogens is 621 g/mol.